The first-order valence-electron chi connectivity index (χ1n) is 9.14. The van der Waals surface area contributed by atoms with Gasteiger partial charge in [-0.1, -0.05) is 20.8 Å². The largest absolute Gasteiger partial charge is 0.379 e. The number of methoxy groups -OCH3 is 1. The van der Waals surface area contributed by atoms with E-state index in [1.165, 1.54) is 38.9 Å². The maximum absolute atomic E-state index is 5.64. The van der Waals surface area contributed by atoms with Crippen LogP contribution in [0.15, 0.2) is 4.99 Å². The van der Waals surface area contributed by atoms with Crippen LogP contribution >= 0.6 is 0 Å². The van der Waals surface area contributed by atoms with E-state index in [1.807, 2.05) is 7.05 Å². The molecule has 0 bridgehead atoms. The Hall–Kier alpha value is -0.810. The summed E-state index contributed by atoms with van der Waals surface area (Å²) in [6.45, 7) is 13.6. The molecule has 0 radical (unpaired) electrons. The first-order chi connectivity index (χ1) is 10.9. The minimum absolute atomic E-state index is 0.129. The zero-order valence-corrected chi connectivity index (χ0v) is 15.8. The third kappa shape index (κ3) is 5.35. The van der Waals surface area contributed by atoms with Gasteiger partial charge in [-0.2, -0.15) is 0 Å². The van der Waals surface area contributed by atoms with Gasteiger partial charge in [0.05, 0.1) is 6.10 Å². The molecule has 2 unspecified atom stereocenters. The van der Waals surface area contributed by atoms with Crippen LogP contribution in [-0.4, -0.2) is 75.3 Å². The van der Waals surface area contributed by atoms with E-state index >= 15 is 0 Å². The van der Waals surface area contributed by atoms with Gasteiger partial charge in [0, 0.05) is 40.3 Å². The second-order valence-corrected chi connectivity index (χ2v) is 8.13. The fraction of sp³-hybridized carbons (Fsp3) is 0.944. The summed E-state index contributed by atoms with van der Waals surface area (Å²) < 4.78 is 5.64. The molecule has 0 aliphatic carbocycles. The number of guanidine groups is 1. The number of aliphatic imine (C=N–C) groups is 1. The van der Waals surface area contributed by atoms with Crippen LogP contribution in [0.4, 0.5) is 0 Å². The summed E-state index contributed by atoms with van der Waals surface area (Å²) >= 11 is 0. The molecular formula is C18H36N4O. The van der Waals surface area contributed by atoms with Crippen LogP contribution in [0.1, 0.15) is 40.0 Å². The van der Waals surface area contributed by atoms with E-state index in [1.54, 1.807) is 7.11 Å². The van der Waals surface area contributed by atoms with Crippen LogP contribution < -0.4 is 5.32 Å². The van der Waals surface area contributed by atoms with E-state index in [-0.39, 0.29) is 11.5 Å². The summed E-state index contributed by atoms with van der Waals surface area (Å²) in [5, 5.41) is 3.52. The fourth-order valence-corrected chi connectivity index (χ4v) is 3.76. The van der Waals surface area contributed by atoms with E-state index < -0.39 is 0 Å². The molecule has 5 heteroatoms. The summed E-state index contributed by atoms with van der Waals surface area (Å²) in [7, 11) is 3.68. The zero-order chi connectivity index (χ0) is 16.9. The zero-order valence-electron chi connectivity index (χ0n) is 15.8. The Labute approximate surface area is 142 Å². The van der Waals surface area contributed by atoms with E-state index in [0.717, 1.165) is 31.5 Å². The lowest BCUT2D eigenvalue weighted by atomic mass is 9.89. The Morgan fingerprint density at radius 3 is 2.52 bits per heavy atom. The quantitative estimate of drug-likeness (QED) is 0.621. The minimum Gasteiger partial charge on any atom is -0.379 e. The molecule has 23 heavy (non-hydrogen) atoms. The van der Waals surface area contributed by atoms with Crippen molar-refractivity contribution < 1.29 is 4.74 Å². The van der Waals surface area contributed by atoms with Crippen molar-refractivity contribution in [1.82, 2.24) is 15.1 Å². The van der Waals surface area contributed by atoms with Crippen molar-refractivity contribution in [3.05, 3.63) is 0 Å². The molecular weight excluding hydrogens is 288 g/mol. The van der Waals surface area contributed by atoms with E-state index in [2.05, 4.69) is 40.9 Å². The van der Waals surface area contributed by atoms with Crippen LogP contribution in [0, 0.1) is 11.3 Å². The Balaban J connectivity index is 1.80. The van der Waals surface area contributed by atoms with Crippen molar-refractivity contribution in [1.29, 1.82) is 0 Å². The number of ether oxygens (including phenoxy) is 1. The minimum atomic E-state index is 0.129. The lowest BCUT2D eigenvalue weighted by molar-refractivity contribution is 0.0202. The van der Waals surface area contributed by atoms with Gasteiger partial charge in [-0.05, 0) is 43.7 Å². The lowest BCUT2D eigenvalue weighted by Crippen LogP contribution is -2.46. The fourth-order valence-electron chi connectivity index (χ4n) is 3.76. The molecule has 0 aromatic heterocycles. The monoisotopic (exact) mass is 324 g/mol. The van der Waals surface area contributed by atoms with Crippen LogP contribution in [0.3, 0.4) is 0 Å². The molecule has 0 spiro atoms. The highest BCUT2D eigenvalue weighted by Gasteiger charge is 2.29. The van der Waals surface area contributed by atoms with Crippen molar-refractivity contribution in [2.75, 3.05) is 53.4 Å². The van der Waals surface area contributed by atoms with Crippen LogP contribution in [-0.2, 0) is 4.74 Å². The average Bonchev–Trinajstić information content (AvgIpc) is 3.15. The molecule has 2 rings (SSSR count). The molecule has 0 saturated carbocycles. The van der Waals surface area contributed by atoms with Crippen molar-refractivity contribution in [3.63, 3.8) is 0 Å². The Morgan fingerprint density at radius 1 is 1.26 bits per heavy atom. The Bertz CT molecular complexity index is 385. The summed E-state index contributed by atoms with van der Waals surface area (Å²) in [6, 6.07) is 0. The van der Waals surface area contributed by atoms with E-state index in [4.69, 9.17) is 4.74 Å². The molecule has 2 fully saturated rings. The van der Waals surface area contributed by atoms with Gasteiger partial charge in [0.15, 0.2) is 5.96 Å². The van der Waals surface area contributed by atoms with E-state index in [9.17, 15) is 0 Å². The third-order valence-electron chi connectivity index (χ3n) is 5.21. The Morgan fingerprint density at radius 2 is 1.96 bits per heavy atom. The summed E-state index contributed by atoms with van der Waals surface area (Å²) in [5.74, 6) is 1.81. The van der Waals surface area contributed by atoms with Gasteiger partial charge in [0.25, 0.3) is 0 Å². The molecule has 1 N–H and O–H groups in total. The number of nitrogens with one attached hydrogen (secondary N) is 1. The third-order valence-corrected chi connectivity index (χ3v) is 5.21. The second-order valence-electron chi connectivity index (χ2n) is 8.13. The molecule has 0 amide bonds. The van der Waals surface area contributed by atoms with Crippen molar-refractivity contribution >= 4 is 5.96 Å². The van der Waals surface area contributed by atoms with Crippen molar-refractivity contribution in [3.8, 4) is 0 Å². The summed E-state index contributed by atoms with van der Waals surface area (Å²) in [4.78, 5) is 9.53. The predicted octanol–water partition coefficient (Wildman–Crippen LogP) is 2.04. The standard InChI is InChI=1S/C18H36N4O/c1-18(2,3)16(23-5)12-20-17(19-4)22-11-8-15(14-22)13-21-9-6-7-10-21/h15-16H,6-14H2,1-5H3,(H,19,20). The summed E-state index contributed by atoms with van der Waals surface area (Å²) in [5.41, 5.74) is 0.129. The predicted molar refractivity (Wildman–Crippen MR) is 97.0 cm³/mol. The molecule has 2 heterocycles. The van der Waals surface area contributed by atoms with Crippen molar-refractivity contribution in [2.24, 2.45) is 16.3 Å². The van der Waals surface area contributed by atoms with Gasteiger partial charge in [-0.3, -0.25) is 4.99 Å². The topological polar surface area (TPSA) is 40.1 Å². The van der Waals surface area contributed by atoms with Crippen molar-refractivity contribution in [2.45, 2.75) is 46.1 Å². The molecule has 0 aromatic rings. The van der Waals surface area contributed by atoms with Gasteiger partial charge in [0.1, 0.15) is 0 Å². The molecule has 5 nitrogen and oxygen atoms in total. The molecule has 2 atom stereocenters. The maximum Gasteiger partial charge on any atom is 0.193 e. The number of nitrogens with zero attached hydrogens (tertiary/aromatic N) is 3. The van der Waals surface area contributed by atoms with Gasteiger partial charge < -0.3 is 19.9 Å². The first kappa shape index (κ1) is 18.5. The molecule has 2 saturated heterocycles. The molecule has 0 aromatic carbocycles. The Kier molecular flexibility index (Phi) is 6.72. The van der Waals surface area contributed by atoms with Crippen LogP contribution in [0.5, 0.6) is 0 Å². The van der Waals surface area contributed by atoms with Crippen LogP contribution in [0.2, 0.25) is 0 Å². The molecule has 2 aliphatic heterocycles. The highest BCUT2D eigenvalue weighted by molar-refractivity contribution is 5.80. The van der Waals surface area contributed by atoms with Gasteiger partial charge in [-0.25, -0.2) is 0 Å². The maximum atomic E-state index is 5.64. The number of hydrogen-bond acceptors (Lipinski definition) is 3. The highest BCUT2D eigenvalue weighted by Crippen LogP contribution is 2.22. The number of rotatable bonds is 5. The van der Waals surface area contributed by atoms with Gasteiger partial charge in [-0.15, -0.1) is 0 Å². The number of likely N-dealkylation sites (tertiary alicyclic amines) is 2. The lowest BCUT2D eigenvalue weighted by Gasteiger charge is -2.31. The first-order valence-corrected chi connectivity index (χ1v) is 9.14. The average molecular weight is 325 g/mol. The summed E-state index contributed by atoms with van der Waals surface area (Å²) in [6.07, 6.45) is 4.22. The van der Waals surface area contributed by atoms with Gasteiger partial charge >= 0.3 is 0 Å². The SMILES string of the molecule is CN=C(NCC(OC)C(C)(C)C)N1CCC(CN2CCCC2)C1. The second kappa shape index (κ2) is 8.34. The molecule has 134 valence electrons. The normalized spacial score (nSPS) is 25.2. The number of hydrogen-bond donors (Lipinski definition) is 1. The molecule has 2 aliphatic rings. The highest BCUT2D eigenvalue weighted by atomic mass is 16.5. The van der Waals surface area contributed by atoms with Gasteiger partial charge in [0.2, 0.25) is 0 Å². The smallest absolute Gasteiger partial charge is 0.193 e. The van der Waals surface area contributed by atoms with Crippen LogP contribution in [0.25, 0.3) is 0 Å². The van der Waals surface area contributed by atoms with E-state index in [0.29, 0.717) is 0 Å².